The van der Waals surface area contributed by atoms with E-state index in [0.29, 0.717) is 26.2 Å². The van der Waals surface area contributed by atoms with E-state index < -0.39 is 5.97 Å². The van der Waals surface area contributed by atoms with Crippen LogP contribution in [-0.4, -0.2) is 46.0 Å². The van der Waals surface area contributed by atoms with Crippen LogP contribution in [0.15, 0.2) is 18.2 Å². The lowest BCUT2D eigenvalue weighted by Gasteiger charge is -2.33. The van der Waals surface area contributed by atoms with Gasteiger partial charge in [0.25, 0.3) is 0 Å². The zero-order chi connectivity index (χ0) is 15.0. The monoisotopic (exact) mass is 289 g/mol. The van der Waals surface area contributed by atoms with Gasteiger partial charge in [0.2, 0.25) is 0 Å². The molecule has 3 N–H and O–H groups in total. The highest BCUT2D eigenvalue weighted by atomic mass is 16.4. The summed E-state index contributed by atoms with van der Waals surface area (Å²) in [6.07, 6.45) is 1.69. The second-order valence-corrected chi connectivity index (χ2v) is 5.75. The van der Waals surface area contributed by atoms with Crippen LogP contribution in [0, 0.1) is 0 Å². The van der Waals surface area contributed by atoms with E-state index in [1.165, 1.54) is 0 Å². The molecule has 6 heteroatoms. The lowest BCUT2D eigenvalue weighted by atomic mass is 10.1. The Morgan fingerprint density at radius 1 is 1.10 bits per heavy atom. The number of nitrogens with zero attached hydrogens (tertiary/aromatic N) is 2. The summed E-state index contributed by atoms with van der Waals surface area (Å²) in [6, 6.07) is 5.28. The molecule has 1 fully saturated rings. The van der Waals surface area contributed by atoms with E-state index in [4.69, 9.17) is 10.8 Å². The van der Waals surface area contributed by atoms with Crippen LogP contribution in [0.4, 0.5) is 4.79 Å². The number of urea groups is 1. The van der Waals surface area contributed by atoms with E-state index in [9.17, 15) is 9.59 Å². The molecule has 21 heavy (non-hydrogen) atoms. The molecule has 2 aliphatic heterocycles. The van der Waals surface area contributed by atoms with E-state index in [1.807, 2.05) is 4.90 Å². The number of amides is 2. The van der Waals surface area contributed by atoms with E-state index in [-0.39, 0.29) is 17.6 Å². The van der Waals surface area contributed by atoms with Gasteiger partial charge in [0, 0.05) is 32.2 Å². The first-order chi connectivity index (χ1) is 10.0. The van der Waals surface area contributed by atoms with Crippen LogP contribution in [-0.2, 0) is 13.1 Å². The number of hydrogen-bond acceptors (Lipinski definition) is 3. The maximum atomic E-state index is 12.5. The van der Waals surface area contributed by atoms with Gasteiger partial charge in [-0.05, 0) is 36.1 Å². The number of carboxylic acids is 1. The fraction of sp³-hybridized carbons (Fsp3) is 0.467. The van der Waals surface area contributed by atoms with Gasteiger partial charge in [0.15, 0.2) is 0 Å². The highest BCUT2D eigenvalue weighted by Crippen LogP contribution is 2.25. The fourth-order valence-corrected chi connectivity index (χ4v) is 2.95. The standard InChI is InChI=1S/C15H19N3O3/c16-13-3-5-17(6-4-13)15(21)18-8-11-2-1-10(14(19)20)7-12(11)9-18/h1-2,7,13H,3-6,8-9,16H2,(H,19,20). The third-order valence-corrected chi connectivity index (χ3v) is 4.26. The normalized spacial score (nSPS) is 18.7. The molecule has 0 atom stereocenters. The Morgan fingerprint density at radius 3 is 2.43 bits per heavy atom. The van der Waals surface area contributed by atoms with E-state index in [1.54, 1.807) is 23.1 Å². The van der Waals surface area contributed by atoms with Crippen molar-refractivity contribution in [2.24, 2.45) is 5.73 Å². The Hall–Kier alpha value is -2.08. The molecule has 0 unspecified atom stereocenters. The number of hydrogen-bond donors (Lipinski definition) is 2. The predicted octanol–water partition coefficient (Wildman–Crippen LogP) is 1.24. The van der Waals surface area contributed by atoms with Crippen molar-refractivity contribution < 1.29 is 14.7 Å². The first-order valence-electron chi connectivity index (χ1n) is 7.19. The van der Waals surface area contributed by atoms with Gasteiger partial charge < -0.3 is 20.6 Å². The molecule has 1 aromatic carbocycles. The number of likely N-dealkylation sites (tertiary alicyclic amines) is 1. The summed E-state index contributed by atoms with van der Waals surface area (Å²) in [5, 5.41) is 9.02. The summed E-state index contributed by atoms with van der Waals surface area (Å²) in [6.45, 7) is 2.44. The molecule has 2 amide bonds. The summed E-state index contributed by atoms with van der Waals surface area (Å²) >= 11 is 0. The van der Waals surface area contributed by atoms with Crippen LogP contribution < -0.4 is 5.73 Å². The van der Waals surface area contributed by atoms with Gasteiger partial charge in [0.1, 0.15) is 0 Å². The molecule has 1 aromatic rings. The maximum Gasteiger partial charge on any atom is 0.335 e. The molecule has 112 valence electrons. The Bertz CT molecular complexity index is 580. The Labute approximate surface area is 123 Å². The lowest BCUT2D eigenvalue weighted by Crippen LogP contribution is -2.47. The smallest absolute Gasteiger partial charge is 0.335 e. The summed E-state index contributed by atoms with van der Waals surface area (Å²) in [7, 11) is 0. The van der Waals surface area contributed by atoms with E-state index in [0.717, 1.165) is 24.0 Å². The zero-order valence-corrected chi connectivity index (χ0v) is 11.8. The average Bonchev–Trinajstić information content (AvgIpc) is 2.90. The third kappa shape index (κ3) is 2.71. The number of aromatic carboxylic acids is 1. The molecule has 3 rings (SSSR count). The molecule has 6 nitrogen and oxygen atoms in total. The molecule has 1 saturated heterocycles. The minimum Gasteiger partial charge on any atom is -0.478 e. The summed E-state index contributed by atoms with van der Waals surface area (Å²) in [5.74, 6) is -0.937. The van der Waals surface area contributed by atoms with Gasteiger partial charge in [-0.1, -0.05) is 6.07 Å². The van der Waals surface area contributed by atoms with Gasteiger partial charge in [-0.15, -0.1) is 0 Å². The number of carbonyl (C=O) groups excluding carboxylic acids is 1. The van der Waals surface area contributed by atoms with Gasteiger partial charge in [-0.2, -0.15) is 0 Å². The van der Waals surface area contributed by atoms with Crippen LogP contribution in [0.5, 0.6) is 0 Å². The fourth-order valence-electron chi connectivity index (χ4n) is 2.95. The molecule has 0 aliphatic carbocycles. The minimum absolute atomic E-state index is 0.0231. The SMILES string of the molecule is NC1CCN(C(=O)N2Cc3ccc(C(=O)O)cc3C2)CC1. The topological polar surface area (TPSA) is 86.9 Å². The molecular weight excluding hydrogens is 270 g/mol. The van der Waals surface area contributed by atoms with Gasteiger partial charge >= 0.3 is 12.0 Å². The van der Waals surface area contributed by atoms with Gasteiger partial charge in [-0.3, -0.25) is 0 Å². The number of benzene rings is 1. The summed E-state index contributed by atoms with van der Waals surface area (Å²) in [4.78, 5) is 27.1. The maximum absolute atomic E-state index is 12.5. The van der Waals surface area contributed by atoms with Gasteiger partial charge in [0.05, 0.1) is 5.56 Å². The number of carboxylic acid groups (broad SMARTS) is 1. The predicted molar refractivity (Wildman–Crippen MR) is 76.8 cm³/mol. The van der Waals surface area contributed by atoms with Crippen LogP contribution >= 0.6 is 0 Å². The molecule has 2 aliphatic rings. The number of carbonyl (C=O) groups is 2. The van der Waals surface area contributed by atoms with Crippen molar-refractivity contribution in [3.05, 3.63) is 34.9 Å². The molecule has 0 aromatic heterocycles. The zero-order valence-electron chi connectivity index (χ0n) is 11.8. The number of nitrogens with two attached hydrogens (primary N) is 1. The van der Waals surface area contributed by atoms with Crippen LogP contribution in [0.1, 0.15) is 34.3 Å². The molecule has 0 bridgehead atoms. The van der Waals surface area contributed by atoms with Crippen molar-refractivity contribution >= 4 is 12.0 Å². The lowest BCUT2D eigenvalue weighted by molar-refractivity contribution is 0.0696. The van der Waals surface area contributed by atoms with Crippen molar-refractivity contribution in [2.75, 3.05) is 13.1 Å². The molecule has 0 saturated carbocycles. The van der Waals surface area contributed by atoms with E-state index >= 15 is 0 Å². The highest BCUT2D eigenvalue weighted by Gasteiger charge is 2.29. The quantitative estimate of drug-likeness (QED) is 0.814. The first-order valence-corrected chi connectivity index (χ1v) is 7.19. The second-order valence-electron chi connectivity index (χ2n) is 5.75. The molecular formula is C15H19N3O3. The number of rotatable bonds is 1. The third-order valence-electron chi connectivity index (χ3n) is 4.26. The minimum atomic E-state index is -0.937. The molecule has 0 spiro atoms. The van der Waals surface area contributed by atoms with E-state index in [2.05, 4.69) is 0 Å². The Balaban J connectivity index is 1.69. The Kier molecular flexibility index (Phi) is 3.55. The van der Waals surface area contributed by atoms with Crippen molar-refractivity contribution in [1.82, 2.24) is 9.80 Å². The van der Waals surface area contributed by atoms with Crippen LogP contribution in [0.25, 0.3) is 0 Å². The number of piperidine rings is 1. The summed E-state index contributed by atoms with van der Waals surface area (Å²) in [5.41, 5.74) is 8.09. The summed E-state index contributed by atoms with van der Waals surface area (Å²) < 4.78 is 0. The van der Waals surface area contributed by atoms with Gasteiger partial charge in [-0.25, -0.2) is 9.59 Å². The second kappa shape index (κ2) is 5.37. The van der Waals surface area contributed by atoms with Crippen molar-refractivity contribution in [3.63, 3.8) is 0 Å². The van der Waals surface area contributed by atoms with Crippen molar-refractivity contribution in [2.45, 2.75) is 32.0 Å². The van der Waals surface area contributed by atoms with Crippen molar-refractivity contribution in [1.29, 1.82) is 0 Å². The average molecular weight is 289 g/mol. The van der Waals surface area contributed by atoms with Crippen molar-refractivity contribution in [3.8, 4) is 0 Å². The first kappa shape index (κ1) is 13.9. The highest BCUT2D eigenvalue weighted by molar-refractivity contribution is 5.88. The molecule has 0 radical (unpaired) electrons. The largest absolute Gasteiger partial charge is 0.478 e. The molecule has 2 heterocycles. The van der Waals surface area contributed by atoms with Crippen LogP contribution in [0.2, 0.25) is 0 Å². The Morgan fingerprint density at radius 2 is 1.76 bits per heavy atom. The number of fused-ring (bicyclic) bond motifs is 1. The van der Waals surface area contributed by atoms with Crippen LogP contribution in [0.3, 0.4) is 0 Å².